The summed E-state index contributed by atoms with van der Waals surface area (Å²) in [5.74, 6) is 1.80. The zero-order valence-electron chi connectivity index (χ0n) is 30.7. The van der Waals surface area contributed by atoms with Gasteiger partial charge >= 0.3 is 0 Å². The Hall–Kier alpha value is -7.83. The van der Waals surface area contributed by atoms with Crippen LogP contribution >= 0.6 is 0 Å². The van der Waals surface area contributed by atoms with Crippen LogP contribution in [0.2, 0.25) is 0 Å². The number of rotatable bonds is 5. The molecule has 6 heteroatoms. The third kappa shape index (κ3) is 4.81. The minimum atomic E-state index is 0.568. The van der Waals surface area contributed by atoms with Crippen molar-refractivity contribution in [2.75, 3.05) is 0 Å². The van der Waals surface area contributed by atoms with Crippen molar-refractivity contribution in [3.05, 3.63) is 194 Å². The molecule has 0 saturated heterocycles. The van der Waals surface area contributed by atoms with Gasteiger partial charge in [-0.05, 0) is 72.8 Å². The van der Waals surface area contributed by atoms with Crippen molar-refractivity contribution in [1.82, 2.24) is 28.7 Å². The van der Waals surface area contributed by atoms with Gasteiger partial charge in [-0.1, -0.05) is 121 Å². The zero-order chi connectivity index (χ0) is 37.5. The van der Waals surface area contributed by atoms with E-state index in [2.05, 4.69) is 190 Å². The van der Waals surface area contributed by atoms with Gasteiger partial charge in [0, 0.05) is 54.8 Å². The summed E-state index contributed by atoms with van der Waals surface area (Å²) in [4.78, 5) is 15.8. The van der Waals surface area contributed by atoms with E-state index in [1.165, 1.54) is 21.7 Å². The van der Waals surface area contributed by atoms with Crippen molar-refractivity contribution in [2.24, 2.45) is 0 Å². The number of hydrogen-bond donors (Lipinski definition) is 0. The van der Waals surface area contributed by atoms with E-state index in [9.17, 15) is 0 Å². The van der Waals surface area contributed by atoms with Gasteiger partial charge in [-0.2, -0.15) is 9.97 Å². The van der Waals surface area contributed by atoms with Gasteiger partial charge in [0.1, 0.15) is 0 Å². The van der Waals surface area contributed by atoms with Crippen LogP contribution in [0.1, 0.15) is 0 Å². The lowest BCUT2D eigenvalue weighted by atomic mass is 10.1. The fraction of sp³-hybridized carbons (Fsp3) is 0. The van der Waals surface area contributed by atoms with Gasteiger partial charge in [0.2, 0.25) is 5.95 Å². The monoisotopic (exact) mass is 728 g/mol. The van der Waals surface area contributed by atoms with Gasteiger partial charge in [-0.15, -0.1) is 0 Å². The lowest BCUT2D eigenvalue weighted by Gasteiger charge is -2.12. The molecule has 0 aliphatic carbocycles. The maximum Gasteiger partial charge on any atom is 0.238 e. The Morgan fingerprint density at radius 1 is 0.263 bits per heavy atom. The van der Waals surface area contributed by atoms with Gasteiger partial charge in [-0.25, -0.2) is 4.98 Å². The van der Waals surface area contributed by atoms with E-state index in [1.54, 1.807) is 0 Å². The first kappa shape index (κ1) is 31.5. The van der Waals surface area contributed by atoms with Gasteiger partial charge in [-0.3, -0.25) is 4.57 Å². The number of hydrogen-bond acceptors (Lipinski definition) is 3. The molecule has 0 unspecified atom stereocenters. The molecule has 0 amide bonds. The highest BCUT2D eigenvalue weighted by Crippen LogP contribution is 2.40. The summed E-state index contributed by atoms with van der Waals surface area (Å²) in [5.41, 5.74) is 10.7. The average molecular weight is 729 g/mol. The lowest BCUT2D eigenvalue weighted by Crippen LogP contribution is -2.06. The second-order valence-electron chi connectivity index (χ2n) is 14.5. The predicted molar refractivity (Wildman–Crippen MR) is 234 cm³/mol. The molecule has 0 saturated carbocycles. The summed E-state index contributed by atoms with van der Waals surface area (Å²) >= 11 is 0. The quantitative estimate of drug-likeness (QED) is 0.177. The molecule has 0 radical (unpaired) electrons. The summed E-state index contributed by atoms with van der Waals surface area (Å²) in [6.07, 6.45) is 0. The number of para-hydroxylation sites is 5. The molecule has 0 bridgehead atoms. The molecular weight excluding hydrogens is 697 g/mol. The fourth-order valence-corrected chi connectivity index (χ4v) is 8.78. The van der Waals surface area contributed by atoms with Gasteiger partial charge < -0.3 is 9.13 Å². The smallest absolute Gasteiger partial charge is 0.238 e. The third-order valence-corrected chi connectivity index (χ3v) is 11.3. The van der Waals surface area contributed by atoms with Crippen molar-refractivity contribution >= 4 is 65.4 Å². The van der Waals surface area contributed by atoms with Crippen molar-refractivity contribution in [3.63, 3.8) is 0 Å². The molecule has 0 fully saturated rings. The first-order valence-electron chi connectivity index (χ1n) is 19.2. The third-order valence-electron chi connectivity index (χ3n) is 11.3. The first-order chi connectivity index (χ1) is 28.3. The van der Waals surface area contributed by atoms with Crippen molar-refractivity contribution in [3.8, 4) is 40.1 Å². The molecule has 266 valence electrons. The summed E-state index contributed by atoms with van der Waals surface area (Å²) < 4.78 is 6.91. The average Bonchev–Trinajstić information content (AvgIpc) is 3.91. The van der Waals surface area contributed by atoms with Gasteiger partial charge in [0.15, 0.2) is 11.6 Å². The van der Waals surface area contributed by atoms with E-state index in [0.29, 0.717) is 17.6 Å². The molecule has 12 aromatic rings. The Balaban J connectivity index is 1.14. The standard InChI is InChI=1S/C51H32N6/c1-4-16-33(17-5-1)49-52-50(34-28-29-46-40(30-34)37-22-10-13-25-43(37)55(46)35-18-6-2-7-19-35)54-51(53-49)57-45-27-15-12-24-39(45)42-31-41-38-23-11-14-26-44(38)56(47(41)32-48(42)57)36-20-8-3-9-21-36/h1-32H. The van der Waals surface area contributed by atoms with Crippen LogP contribution in [0, 0.1) is 0 Å². The minimum Gasteiger partial charge on any atom is -0.309 e. The number of nitrogens with zero attached hydrogens (tertiary/aromatic N) is 6. The molecular formula is C51H32N6. The van der Waals surface area contributed by atoms with Crippen LogP contribution in [0.15, 0.2) is 194 Å². The fourth-order valence-electron chi connectivity index (χ4n) is 8.78. The zero-order valence-corrected chi connectivity index (χ0v) is 30.7. The number of aromatic nitrogens is 6. The second kappa shape index (κ2) is 12.3. The summed E-state index contributed by atoms with van der Waals surface area (Å²) in [5, 5.41) is 7.03. The van der Waals surface area contributed by atoms with Crippen LogP contribution in [-0.2, 0) is 0 Å². The van der Waals surface area contributed by atoms with Crippen LogP contribution in [0.5, 0.6) is 0 Å². The summed E-state index contributed by atoms with van der Waals surface area (Å²) in [7, 11) is 0. The van der Waals surface area contributed by atoms with Crippen molar-refractivity contribution in [1.29, 1.82) is 0 Å². The first-order valence-corrected chi connectivity index (χ1v) is 19.2. The molecule has 0 aliphatic rings. The molecule has 0 N–H and O–H groups in total. The van der Waals surface area contributed by atoms with E-state index < -0.39 is 0 Å². The molecule has 4 aromatic heterocycles. The van der Waals surface area contributed by atoms with Gasteiger partial charge in [0.05, 0.1) is 33.1 Å². The predicted octanol–water partition coefficient (Wildman–Crippen LogP) is 12.5. The van der Waals surface area contributed by atoms with Crippen LogP contribution in [0.25, 0.3) is 106 Å². The highest BCUT2D eigenvalue weighted by Gasteiger charge is 2.22. The molecule has 0 atom stereocenters. The molecule has 57 heavy (non-hydrogen) atoms. The van der Waals surface area contributed by atoms with E-state index in [-0.39, 0.29) is 0 Å². The molecule has 4 heterocycles. The van der Waals surface area contributed by atoms with Crippen molar-refractivity contribution in [2.45, 2.75) is 0 Å². The van der Waals surface area contributed by atoms with Crippen LogP contribution in [-0.4, -0.2) is 28.7 Å². The Kier molecular flexibility index (Phi) is 6.83. The lowest BCUT2D eigenvalue weighted by molar-refractivity contribution is 0.954. The topological polar surface area (TPSA) is 53.5 Å². The molecule has 0 spiro atoms. The Morgan fingerprint density at radius 2 is 0.684 bits per heavy atom. The Labute approximate surface area is 327 Å². The normalized spacial score (nSPS) is 11.9. The highest BCUT2D eigenvalue weighted by atomic mass is 15.2. The second-order valence-corrected chi connectivity index (χ2v) is 14.5. The summed E-state index contributed by atoms with van der Waals surface area (Å²) in [6, 6.07) is 68.4. The Bertz CT molecular complexity index is 3510. The SMILES string of the molecule is c1ccc(-c2nc(-c3ccc4c(c3)c3ccccc3n4-c3ccccc3)nc(-n3c4ccccc4c4cc5c6ccccc6n(-c6ccccc6)c5cc43)n2)cc1. The molecule has 0 aliphatic heterocycles. The summed E-state index contributed by atoms with van der Waals surface area (Å²) in [6.45, 7) is 0. The van der Waals surface area contributed by atoms with Crippen molar-refractivity contribution < 1.29 is 0 Å². The Morgan fingerprint density at radius 3 is 1.26 bits per heavy atom. The number of benzene rings is 8. The van der Waals surface area contributed by atoms with Crippen LogP contribution < -0.4 is 0 Å². The number of fused-ring (bicyclic) bond motifs is 9. The minimum absolute atomic E-state index is 0.568. The van der Waals surface area contributed by atoms with Crippen LogP contribution in [0.4, 0.5) is 0 Å². The largest absolute Gasteiger partial charge is 0.309 e. The maximum atomic E-state index is 5.35. The molecule has 8 aromatic carbocycles. The molecule has 12 rings (SSSR count). The van der Waals surface area contributed by atoms with E-state index in [4.69, 9.17) is 15.0 Å². The van der Waals surface area contributed by atoms with Crippen LogP contribution in [0.3, 0.4) is 0 Å². The van der Waals surface area contributed by atoms with Gasteiger partial charge in [0.25, 0.3) is 0 Å². The van der Waals surface area contributed by atoms with E-state index >= 15 is 0 Å². The highest BCUT2D eigenvalue weighted by molar-refractivity contribution is 6.19. The molecule has 6 nitrogen and oxygen atoms in total. The maximum absolute atomic E-state index is 5.35. The van der Waals surface area contributed by atoms with E-state index in [1.807, 2.05) is 18.2 Å². The van der Waals surface area contributed by atoms with E-state index in [0.717, 1.165) is 66.2 Å².